The van der Waals surface area contributed by atoms with Gasteiger partial charge in [0.05, 0.1) is 0 Å². The first-order valence-electron chi connectivity index (χ1n) is 4.58. The van der Waals surface area contributed by atoms with Gasteiger partial charge in [0.1, 0.15) is 17.5 Å². The van der Waals surface area contributed by atoms with Crippen LogP contribution in [0.2, 0.25) is 0 Å². The van der Waals surface area contributed by atoms with Crippen LogP contribution < -0.4 is 10.5 Å². The molecule has 2 N–H and O–H groups in total. The fourth-order valence-corrected chi connectivity index (χ4v) is 0.934. The predicted octanol–water partition coefficient (Wildman–Crippen LogP) is 1.73. The standard InChI is InChI=1S/C10H12N2O3/c1-2-9(11)10(13)15-8-5-3-7(12-14)4-6-8/h3-6,9H,2,11H2,1H3. The monoisotopic (exact) mass is 208 g/mol. The maximum atomic E-state index is 11.3. The lowest BCUT2D eigenvalue weighted by Gasteiger charge is -2.08. The minimum atomic E-state index is -0.617. The van der Waals surface area contributed by atoms with Gasteiger partial charge in [-0.2, -0.15) is 0 Å². The summed E-state index contributed by atoms with van der Waals surface area (Å²) in [7, 11) is 0. The average Bonchev–Trinajstić information content (AvgIpc) is 2.29. The second kappa shape index (κ2) is 5.21. The topological polar surface area (TPSA) is 81.8 Å². The number of esters is 1. The van der Waals surface area contributed by atoms with Gasteiger partial charge in [-0.1, -0.05) is 6.92 Å². The molecule has 0 aliphatic rings. The van der Waals surface area contributed by atoms with Crippen molar-refractivity contribution in [1.29, 1.82) is 0 Å². The zero-order valence-corrected chi connectivity index (χ0v) is 8.34. The third-order valence-electron chi connectivity index (χ3n) is 1.90. The van der Waals surface area contributed by atoms with Gasteiger partial charge in [0.2, 0.25) is 0 Å². The summed E-state index contributed by atoms with van der Waals surface area (Å²) >= 11 is 0. The van der Waals surface area contributed by atoms with Gasteiger partial charge in [-0.05, 0) is 35.9 Å². The Morgan fingerprint density at radius 1 is 1.47 bits per heavy atom. The molecule has 0 fully saturated rings. The van der Waals surface area contributed by atoms with Gasteiger partial charge < -0.3 is 10.5 Å². The molecule has 0 radical (unpaired) electrons. The number of benzene rings is 1. The van der Waals surface area contributed by atoms with E-state index in [0.717, 1.165) is 0 Å². The minimum absolute atomic E-state index is 0.287. The third-order valence-corrected chi connectivity index (χ3v) is 1.90. The number of carbonyl (C=O) groups excluding carboxylic acids is 1. The summed E-state index contributed by atoms with van der Waals surface area (Å²) in [6, 6.07) is 5.31. The van der Waals surface area contributed by atoms with Gasteiger partial charge in [-0.15, -0.1) is 4.91 Å². The Bertz CT molecular complexity index is 348. The van der Waals surface area contributed by atoms with E-state index < -0.39 is 12.0 Å². The van der Waals surface area contributed by atoms with Crippen molar-refractivity contribution >= 4 is 11.7 Å². The number of nitroso groups, excluding NO2 is 1. The van der Waals surface area contributed by atoms with Crippen molar-refractivity contribution in [1.82, 2.24) is 0 Å². The molecule has 1 rings (SSSR count). The van der Waals surface area contributed by atoms with Crippen LogP contribution in [0.4, 0.5) is 5.69 Å². The Hall–Kier alpha value is -1.75. The van der Waals surface area contributed by atoms with Crippen LogP contribution in [0.5, 0.6) is 5.75 Å². The zero-order valence-electron chi connectivity index (χ0n) is 8.34. The van der Waals surface area contributed by atoms with Crippen molar-refractivity contribution in [2.45, 2.75) is 19.4 Å². The van der Waals surface area contributed by atoms with Crippen molar-refractivity contribution in [3.63, 3.8) is 0 Å². The number of carbonyl (C=O) groups is 1. The molecule has 0 spiro atoms. The fourth-order valence-electron chi connectivity index (χ4n) is 0.934. The number of hydrogen-bond donors (Lipinski definition) is 1. The Morgan fingerprint density at radius 2 is 2.07 bits per heavy atom. The predicted molar refractivity (Wildman–Crippen MR) is 55.8 cm³/mol. The number of ether oxygens (including phenoxy) is 1. The first kappa shape index (κ1) is 11.3. The first-order chi connectivity index (χ1) is 7.17. The molecule has 1 atom stereocenters. The quantitative estimate of drug-likeness (QED) is 0.464. The van der Waals surface area contributed by atoms with E-state index in [1.54, 1.807) is 6.92 Å². The molecule has 1 aromatic rings. The molecule has 0 aliphatic heterocycles. The summed E-state index contributed by atoms with van der Waals surface area (Å²) in [6.45, 7) is 1.80. The summed E-state index contributed by atoms with van der Waals surface area (Å²) < 4.78 is 4.96. The van der Waals surface area contributed by atoms with E-state index in [4.69, 9.17) is 10.5 Å². The Morgan fingerprint density at radius 3 is 2.53 bits per heavy atom. The van der Waals surface area contributed by atoms with Crippen LogP contribution in [-0.2, 0) is 4.79 Å². The van der Waals surface area contributed by atoms with Gasteiger partial charge >= 0.3 is 5.97 Å². The molecule has 15 heavy (non-hydrogen) atoms. The van der Waals surface area contributed by atoms with E-state index in [2.05, 4.69) is 5.18 Å². The van der Waals surface area contributed by atoms with Crippen LogP contribution in [0.3, 0.4) is 0 Å². The van der Waals surface area contributed by atoms with Gasteiger partial charge in [-0.25, -0.2) is 4.79 Å². The summed E-state index contributed by atoms with van der Waals surface area (Å²) in [5.41, 5.74) is 5.76. The van der Waals surface area contributed by atoms with Crippen LogP contribution >= 0.6 is 0 Å². The molecule has 0 bridgehead atoms. The molecule has 0 saturated carbocycles. The van der Waals surface area contributed by atoms with Gasteiger partial charge in [0.25, 0.3) is 0 Å². The Labute approximate surface area is 87.2 Å². The molecular weight excluding hydrogens is 196 g/mol. The zero-order chi connectivity index (χ0) is 11.3. The van der Waals surface area contributed by atoms with Crippen molar-refractivity contribution in [2.75, 3.05) is 0 Å². The van der Waals surface area contributed by atoms with Crippen molar-refractivity contribution < 1.29 is 9.53 Å². The number of nitrogens with zero attached hydrogens (tertiary/aromatic N) is 1. The summed E-state index contributed by atoms with van der Waals surface area (Å²) in [4.78, 5) is 21.4. The molecule has 80 valence electrons. The first-order valence-corrected chi connectivity index (χ1v) is 4.58. The van der Waals surface area contributed by atoms with Crippen molar-refractivity contribution in [3.05, 3.63) is 29.2 Å². The largest absolute Gasteiger partial charge is 0.425 e. The van der Waals surface area contributed by atoms with E-state index in [0.29, 0.717) is 12.2 Å². The normalized spacial score (nSPS) is 11.9. The van der Waals surface area contributed by atoms with E-state index in [1.807, 2.05) is 0 Å². The highest BCUT2D eigenvalue weighted by Crippen LogP contribution is 2.17. The van der Waals surface area contributed by atoms with Crippen LogP contribution in [0, 0.1) is 4.91 Å². The fraction of sp³-hybridized carbons (Fsp3) is 0.300. The van der Waals surface area contributed by atoms with Crippen LogP contribution in [0.25, 0.3) is 0 Å². The lowest BCUT2D eigenvalue weighted by Crippen LogP contribution is -2.33. The highest BCUT2D eigenvalue weighted by molar-refractivity contribution is 5.77. The van der Waals surface area contributed by atoms with E-state index in [9.17, 15) is 9.70 Å². The Kier molecular flexibility index (Phi) is 3.93. The molecular formula is C10H12N2O3. The maximum absolute atomic E-state index is 11.3. The van der Waals surface area contributed by atoms with Gasteiger partial charge in [-0.3, -0.25) is 0 Å². The molecule has 1 aromatic carbocycles. The lowest BCUT2D eigenvalue weighted by atomic mass is 10.2. The molecule has 0 amide bonds. The smallest absolute Gasteiger partial charge is 0.328 e. The van der Waals surface area contributed by atoms with Crippen LogP contribution in [0.1, 0.15) is 13.3 Å². The van der Waals surface area contributed by atoms with E-state index in [1.165, 1.54) is 24.3 Å². The lowest BCUT2D eigenvalue weighted by molar-refractivity contribution is -0.135. The van der Waals surface area contributed by atoms with E-state index >= 15 is 0 Å². The highest BCUT2D eigenvalue weighted by atomic mass is 16.5. The average molecular weight is 208 g/mol. The Balaban J connectivity index is 2.65. The van der Waals surface area contributed by atoms with Crippen LogP contribution in [-0.4, -0.2) is 12.0 Å². The number of rotatable bonds is 4. The molecule has 5 heteroatoms. The van der Waals surface area contributed by atoms with Crippen molar-refractivity contribution in [3.8, 4) is 5.75 Å². The number of nitrogens with two attached hydrogens (primary N) is 1. The summed E-state index contributed by atoms with van der Waals surface area (Å²) in [6.07, 6.45) is 0.521. The SMILES string of the molecule is CCC(N)C(=O)Oc1ccc(N=O)cc1. The summed E-state index contributed by atoms with van der Waals surface area (Å²) in [5, 5.41) is 2.73. The minimum Gasteiger partial charge on any atom is -0.425 e. The number of hydrogen-bond acceptors (Lipinski definition) is 5. The second-order valence-electron chi connectivity index (χ2n) is 3.02. The molecule has 0 aliphatic carbocycles. The summed E-state index contributed by atoms with van der Waals surface area (Å²) in [5.74, 6) is -0.124. The molecule has 0 heterocycles. The van der Waals surface area contributed by atoms with Crippen molar-refractivity contribution in [2.24, 2.45) is 10.9 Å². The molecule has 0 saturated heterocycles. The molecule has 1 unspecified atom stereocenters. The van der Waals surface area contributed by atoms with E-state index in [-0.39, 0.29) is 5.69 Å². The van der Waals surface area contributed by atoms with Gasteiger partial charge in [0.15, 0.2) is 0 Å². The highest BCUT2D eigenvalue weighted by Gasteiger charge is 2.13. The third kappa shape index (κ3) is 3.14. The van der Waals surface area contributed by atoms with Crippen LogP contribution in [0.15, 0.2) is 29.4 Å². The molecule has 5 nitrogen and oxygen atoms in total. The maximum Gasteiger partial charge on any atom is 0.328 e. The molecule has 0 aromatic heterocycles. The second-order valence-corrected chi connectivity index (χ2v) is 3.02. The van der Waals surface area contributed by atoms with Gasteiger partial charge in [0, 0.05) is 0 Å².